The summed E-state index contributed by atoms with van der Waals surface area (Å²) in [7, 11) is 3.11. The molecule has 5 heteroatoms. The van der Waals surface area contributed by atoms with Gasteiger partial charge in [0.15, 0.2) is 17.3 Å². The van der Waals surface area contributed by atoms with Gasteiger partial charge in [-0.2, -0.15) is 0 Å². The van der Waals surface area contributed by atoms with E-state index >= 15 is 0 Å². The van der Waals surface area contributed by atoms with Crippen molar-refractivity contribution in [2.45, 2.75) is 5.92 Å². The van der Waals surface area contributed by atoms with Crippen molar-refractivity contribution in [1.29, 1.82) is 0 Å². The van der Waals surface area contributed by atoms with Crippen molar-refractivity contribution in [2.24, 2.45) is 0 Å². The molecular weight excluding hydrogens is 294 g/mol. The Morgan fingerprint density at radius 2 is 1.65 bits per heavy atom. The van der Waals surface area contributed by atoms with E-state index in [0.717, 1.165) is 5.56 Å². The Morgan fingerprint density at radius 3 is 2.35 bits per heavy atom. The van der Waals surface area contributed by atoms with Gasteiger partial charge in [-0.05, 0) is 23.8 Å². The van der Waals surface area contributed by atoms with Crippen molar-refractivity contribution < 1.29 is 19.1 Å². The van der Waals surface area contributed by atoms with E-state index in [4.69, 9.17) is 9.47 Å². The van der Waals surface area contributed by atoms with Crippen molar-refractivity contribution in [3.63, 3.8) is 0 Å². The normalized spacial score (nSPS) is 17.0. The topological polar surface area (TPSA) is 64.6 Å². The number of carbonyl (C=O) groups is 2. The van der Waals surface area contributed by atoms with Crippen LogP contribution in [-0.2, 0) is 0 Å². The van der Waals surface area contributed by atoms with Crippen LogP contribution in [0.4, 0.5) is 0 Å². The highest BCUT2D eigenvalue weighted by Crippen LogP contribution is 2.33. The van der Waals surface area contributed by atoms with Gasteiger partial charge in [0, 0.05) is 12.1 Å². The fourth-order valence-corrected chi connectivity index (χ4v) is 2.81. The van der Waals surface area contributed by atoms with Gasteiger partial charge in [0.2, 0.25) is 0 Å². The van der Waals surface area contributed by atoms with E-state index in [9.17, 15) is 9.59 Å². The summed E-state index contributed by atoms with van der Waals surface area (Å²) < 4.78 is 10.5. The average Bonchev–Trinajstić information content (AvgIpc) is 2.72. The lowest BCUT2D eigenvalue weighted by Gasteiger charge is -2.16. The van der Waals surface area contributed by atoms with Crippen LogP contribution in [0.1, 0.15) is 32.2 Å². The Morgan fingerprint density at radius 1 is 0.957 bits per heavy atom. The number of ether oxygens (including phenoxy) is 2. The standard InChI is InChI=1S/C18H17NO4/c1-22-15-8-7-11(9-16(15)23-2)14-10-19-18(21)13-6-4-3-5-12(13)17(14)20/h3-9,14H,10H2,1-2H3,(H,19,21). The van der Waals surface area contributed by atoms with Crippen LogP contribution in [0.2, 0.25) is 0 Å². The zero-order valence-corrected chi connectivity index (χ0v) is 13.0. The molecule has 1 amide bonds. The number of carbonyl (C=O) groups excluding carboxylic acids is 2. The third-order valence-corrected chi connectivity index (χ3v) is 4.03. The van der Waals surface area contributed by atoms with E-state index in [1.807, 2.05) is 6.07 Å². The number of ketones is 1. The maximum absolute atomic E-state index is 12.9. The predicted molar refractivity (Wildman–Crippen MR) is 85.4 cm³/mol. The number of Topliss-reactive ketones (excluding diaryl/α,β-unsaturated/α-hetero) is 1. The maximum Gasteiger partial charge on any atom is 0.252 e. The largest absolute Gasteiger partial charge is 0.493 e. The minimum absolute atomic E-state index is 0.0776. The minimum Gasteiger partial charge on any atom is -0.493 e. The van der Waals surface area contributed by atoms with E-state index in [1.54, 1.807) is 50.6 Å². The second kappa shape index (κ2) is 6.12. The molecule has 1 aliphatic heterocycles. The molecule has 3 rings (SSSR count). The number of amides is 1. The SMILES string of the molecule is COc1ccc(C2CNC(=O)c3ccccc3C2=O)cc1OC. The van der Waals surface area contributed by atoms with Gasteiger partial charge in [0.05, 0.1) is 25.7 Å². The molecule has 0 saturated carbocycles. The number of hydrogen-bond donors (Lipinski definition) is 1. The van der Waals surface area contributed by atoms with Gasteiger partial charge in [-0.15, -0.1) is 0 Å². The first-order valence-corrected chi connectivity index (χ1v) is 7.29. The molecule has 0 aromatic heterocycles. The molecule has 0 aliphatic carbocycles. The number of fused-ring (bicyclic) bond motifs is 1. The van der Waals surface area contributed by atoms with Crippen LogP contribution < -0.4 is 14.8 Å². The van der Waals surface area contributed by atoms with Crippen molar-refractivity contribution in [3.8, 4) is 11.5 Å². The highest BCUT2D eigenvalue weighted by atomic mass is 16.5. The Hall–Kier alpha value is -2.82. The fraction of sp³-hybridized carbons (Fsp3) is 0.222. The Bertz CT molecular complexity index is 769. The van der Waals surface area contributed by atoms with Gasteiger partial charge in [0.25, 0.3) is 5.91 Å². The lowest BCUT2D eigenvalue weighted by Crippen LogP contribution is -2.27. The molecular formula is C18H17NO4. The van der Waals surface area contributed by atoms with Crippen molar-refractivity contribution >= 4 is 11.7 Å². The summed E-state index contributed by atoms with van der Waals surface area (Å²) in [6, 6.07) is 12.2. The molecule has 0 fully saturated rings. The Balaban J connectivity index is 2.04. The highest BCUT2D eigenvalue weighted by molar-refractivity contribution is 6.12. The summed E-state index contributed by atoms with van der Waals surface area (Å²) in [5, 5.41) is 2.81. The first-order chi connectivity index (χ1) is 11.2. The van der Waals surface area contributed by atoms with E-state index in [0.29, 0.717) is 22.6 Å². The molecule has 2 aromatic rings. The van der Waals surface area contributed by atoms with E-state index < -0.39 is 5.92 Å². The lowest BCUT2D eigenvalue weighted by atomic mass is 9.89. The highest BCUT2D eigenvalue weighted by Gasteiger charge is 2.30. The molecule has 0 saturated heterocycles. The van der Waals surface area contributed by atoms with Gasteiger partial charge in [-0.25, -0.2) is 0 Å². The number of hydrogen-bond acceptors (Lipinski definition) is 4. The van der Waals surface area contributed by atoms with E-state index in [2.05, 4.69) is 5.32 Å². The molecule has 1 atom stereocenters. The Kier molecular flexibility index (Phi) is 4.02. The molecule has 118 valence electrons. The summed E-state index contributed by atoms with van der Waals surface area (Å²) in [5.41, 5.74) is 1.65. The van der Waals surface area contributed by atoms with Crippen LogP contribution in [0.3, 0.4) is 0 Å². The smallest absolute Gasteiger partial charge is 0.252 e. The van der Waals surface area contributed by atoms with Gasteiger partial charge < -0.3 is 14.8 Å². The molecule has 1 unspecified atom stereocenters. The number of nitrogens with one attached hydrogen (secondary N) is 1. The summed E-state index contributed by atoms with van der Waals surface area (Å²) in [4.78, 5) is 25.0. The summed E-state index contributed by atoms with van der Waals surface area (Å²) >= 11 is 0. The maximum atomic E-state index is 12.9. The van der Waals surface area contributed by atoms with Crippen molar-refractivity contribution in [1.82, 2.24) is 5.32 Å². The molecule has 0 bridgehead atoms. The van der Waals surface area contributed by atoms with Crippen LogP contribution in [0, 0.1) is 0 Å². The Labute approximate surface area is 134 Å². The van der Waals surface area contributed by atoms with Crippen molar-refractivity contribution in [2.75, 3.05) is 20.8 Å². The number of benzene rings is 2. The monoisotopic (exact) mass is 311 g/mol. The molecule has 0 radical (unpaired) electrons. The van der Waals surface area contributed by atoms with Crippen LogP contribution in [-0.4, -0.2) is 32.5 Å². The quantitative estimate of drug-likeness (QED) is 0.945. The molecule has 0 spiro atoms. The molecule has 23 heavy (non-hydrogen) atoms. The molecule has 1 N–H and O–H groups in total. The number of methoxy groups -OCH3 is 2. The lowest BCUT2D eigenvalue weighted by molar-refractivity contribution is 0.0952. The predicted octanol–water partition coefficient (Wildman–Crippen LogP) is 2.41. The molecule has 5 nitrogen and oxygen atoms in total. The molecule has 1 heterocycles. The van der Waals surface area contributed by atoms with E-state index in [-0.39, 0.29) is 18.2 Å². The fourth-order valence-electron chi connectivity index (χ4n) is 2.81. The molecule has 2 aromatic carbocycles. The summed E-state index contributed by atoms with van der Waals surface area (Å²) in [6.07, 6.45) is 0. The second-order valence-electron chi connectivity index (χ2n) is 5.29. The van der Waals surface area contributed by atoms with Gasteiger partial charge in [-0.3, -0.25) is 9.59 Å². The van der Waals surface area contributed by atoms with Crippen LogP contribution in [0.15, 0.2) is 42.5 Å². The minimum atomic E-state index is -0.456. The summed E-state index contributed by atoms with van der Waals surface area (Å²) in [6.45, 7) is 0.252. The first-order valence-electron chi connectivity index (χ1n) is 7.29. The van der Waals surface area contributed by atoms with Gasteiger partial charge in [-0.1, -0.05) is 24.3 Å². The third-order valence-electron chi connectivity index (χ3n) is 4.03. The van der Waals surface area contributed by atoms with Crippen LogP contribution in [0.5, 0.6) is 11.5 Å². The van der Waals surface area contributed by atoms with Gasteiger partial charge in [0.1, 0.15) is 0 Å². The second-order valence-corrected chi connectivity index (χ2v) is 5.29. The number of rotatable bonds is 3. The van der Waals surface area contributed by atoms with Crippen LogP contribution in [0.25, 0.3) is 0 Å². The zero-order chi connectivity index (χ0) is 16.4. The first kappa shape index (κ1) is 15.1. The van der Waals surface area contributed by atoms with Gasteiger partial charge >= 0.3 is 0 Å². The average molecular weight is 311 g/mol. The van der Waals surface area contributed by atoms with E-state index in [1.165, 1.54) is 0 Å². The zero-order valence-electron chi connectivity index (χ0n) is 13.0. The summed E-state index contributed by atoms with van der Waals surface area (Å²) in [5.74, 6) is 0.397. The third kappa shape index (κ3) is 2.65. The van der Waals surface area contributed by atoms with Crippen molar-refractivity contribution in [3.05, 3.63) is 59.2 Å². The molecule has 1 aliphatic rings. The van der Waals surface area contributed by atoms with Crippen LogP contribution >= 0.6 is 0 Å².